The number of hydrogen-bond acceptors (Lipinski definition) is 4. The monoisotopic (exact) mass is 442 g/mol. The molecule has 3 aromatic rings. The molecule has 3 aromatic carbocycles. The van der Waals surface area contributed by atoms with Gasteiger partial charge in [0.05, 0.1) is 4.47 Å². The highest BCUT2D eigenvalue weighted by atomic mass is 79.9. The van der Waals surface area contributed by atoms with E-state index in [0.29, 0.717) is 6.61 Å². The van der Waals surface area contributed by atoms with Crippen molar-refractivity contribution in [3.63, 3.8) is 0 Å². The lowest BCUT2D eigenvalue weighted by molar-refractivity contribution is 0.304. The molecule has 3 nitrogen and oxygen atoms in total. The summed E-state index contributed by atoms with van der Waals surface area (Å²) >= 11 is 5.26. The van der Waals surface area contributed by atoms with Gasteiger partial charge in [0.15, 0.2) is 0 Å². The average Bonchev–Trinajstić information content (AvgIpc) is 3.19. The van der Waals surface area contributed by atoms with Crippen LogP contribution in [0.25, 0.3) is 0 Å². The molecule has 27 heavy (non-hydrogen) atoms. The third kappa shape index (κ3) is 4.34. The van der Waals surface area contributed by atoms with E-state index in [0.717, 1.165) is 32.0 Å². The summed E-state index contributed by atoms with van der Waals surface area (Å²) in [6, 6.07) is 22.4. The molecule has 1 atom stereocenters. The molecule has 4 rings (SSSR count). The van der Waals surface area contributed by atoms with E-state index < -0.39 is 0 Å². The van der Waals surface area contributed by atoms with Crippen LogP contribution in [0.1, 0.15) is 22.1 Å². The molecule has 0 saturated carbocycles. The van der Waals surface area contributed by atoms with E-state index in [1.165, 1.54) is 12.1 Å². The highest BCUT2D eigenvalue weighted by Crippen LogP contribution is 2.37. The van der Waals surface area contributed by atoms with Crippen molar-refractivity contribution < 1.29 is 9.13 Å². The third-order valence-corrected chi connectivity index (χ3v) is 5.88. The zero-order chi connectivity index (χ0) is 18.6. The highest BCUT2D eigenvalue weighted by Gasteiger charge is 2.22. The molecule has 6 heteroatoms. The molecule has 0 bridgehead atoms. The maximum absolute atomic E-state index is 13.0. The number of hydrogen-bond donors (Lipinski definition) is 1. The van der Waals surface area contributed by atoms with E-state index >= 15 is 0 Å². The predicted molar refractivity (Wildman–Crippen MR) is 111 cm³/mol. The number of hydrazone groups is 1. The fourth-order valence-corrected chi connectivity index (χ4v) is 4.18. The van der Waals surface area contributed by atoms with Gasteiger partial charge in [-0.3, -0.25) is 5.43 Å². The molecule has 0 fully saturated rings. The van der Waals surface area contributed by atoms with Gasteiger partial charge in [0.1, 0.15) is 28.6 Å². The molecule has 136 valence electrons. The van der Waals surface area contributed by atoms with Gasteiger partial charge >= 0.3 is 0 Å². The van der Waals surface area contributed by atoms with E-state index in [4.69, 9.17) is 4.74 Å². The summed E-state index contributed by atoms with van der Waals surface area (Å²) in [5.41, 5.74) is 6.32. The van der Waals surface area contributed by atoms with Crippen molar-refractivity contribution >= 4 is 32.7 Å². The standard InChI is InChI=1S/C21H16BrFN2OS/c22-18-12-16(21-25-24-20(27-21)15-4-2-1-3-5-15)8-11-19(18)26-13-14-6-9-17(23)10-7-14/h1-12,21,25H,13H2/t21-/m0/s1. The summed E-state index contributed by atoms with van der Waals surface area (Å²) < 4.78 is 19.7. The number of rotatable bonds is 5. The Kier molecular flexibility index (Phi) is 5.45. The summed E-state index contributed by atoms with van der Waals surface area (Å²) in [5.74, 6) is 0.498. The van der Waals surface area contributed by atoms with Crippen LogP contribution in [0, 0.1) is 5.82 Å². The average molecular weight is 443 g/mol. The molecular weight excluding hydrogens is 427 g/mol. The number of thioether (sulfide) groups is 1. The van der Waals surface area contributed by atoms with Crippen LogP contribution < -0.4 is 10.2 Å². The van der Waals surface area contributed by atoms with Crippen LogP contribution in [0.3, 0.4) is 0 Å². The first-order chi connectivity index (χ1) is 13.2. The third-order valence-electron chi connectivity index (χ3n) is 4.10. The Morgan fingerprint density at radius 3 is 2.56 bits per heavy atom. The first-order valence-electron chi connectivity index (χ1n) is 8.41. The van der Waals surface area contributed by atoms with Crippen LogP contribution in [-0.4, -0.2) is 5.04 Å². The van der Waals surface area contributed by atoms with Crippen molar-refractivity contribution in [2.75, 3.05) is 0 Å². The van der Waals surface area contributed by atoms with Crippen molar-refractivity contribution in [2.24, 2.45) is 5.10 Å². The van der Waals surface area contributed by atoms with Crippen LogP contribution >= 0.6 is 27.7 Å². The molecule has 1 N–H and O–H groups in total. The Balaban J connectivity index is 1.41. The number of nitrogens with one attached hydrogen (secondary N) is 1. The Morgan fingerprint density at radius 2 is 1.81 bits per heavy atom. The molecule has 0 unspecified atom stereocenters. The second kappa shape index (κ2) is 8.15. The molecule has 0 saturated heterocycles. The zero-order valence-corrected chi connectivity index (χ0v) is 16.6. The minimum atomic E-state index is -0.247. The fraction of sp³-hybridized carbons (Fsp3) is 0.0952. The minimum Gasteiger partial charge on any atom is -0.488 e. The van der Waals surface area contributed by atoms with Crippen molar-refractivity contribution in [3.05, 3.63) is 99.8 Å². The van der Waals surface area contributed by atoms with Crippen LogP contribution in [0.4, 0.5) is 4.39 Å². The molecule has 0 spiro atoms. The molecule has 0 radical (unpaired) electrons. The molecule has 0 amide bonds. The van der Waals surface area contributed by atoms with E-state index in [1.54, 1.807) is 23.9 Å². The molecule has 0 aliphatic carbocycles. The number of benzene rings is 3. The normalized spacial score (nSPS) is 15.9. The fourth-order valence-electron chi connectivity index (χ4n) is 2.68. The smallest absolute Gasteiger partial charge is 0.134 e. The SMILES string of the molecule is Fc1ccc(COc2ccc([C@H]3NN=C(c4ccccc4)S3)cc2Br)cc1. The van der Waals surface area contributed by atoms with Crippen molar-refractivity contribution in [1.82, 2.24) is 5.43 Å². The first kappa shape index (κ1) is 18.1. The highest BCUT2D eigenvalue weighted by molar-refractivity contribution is 9.10. The van der Waals surface area contributed by atoms with Gasteiger partial charge in [-0.1, -0.05) is 60.3 Å². The quantitative estimate of drug-likeness (QED) is 0.536. The lowest BCUT2D eigenvalue weighted by Gasteiger charge is -2.13. The van der Waals surface area contributed by atoms with E-state index in [1.807, 2.05) is 36.4 Å². The summed E-state index contributed by atoms with van der Waals surface area (Å²) in [6.07, 6.45) is 0. The second-order valence-electron chi connectivity index (χ2n) is 6.01. The van der Waals surface area contributed by atoms with Crippen molar-refractivity contribution in [1.29, 1.82) is 0 Å². The Hall–Kier alpha value is -2.31. The topological polar surface area (TPSA) is 33.6 Å². The van der Waals surface area contributed by atoms with Gasteiger partial charge in [-0.15, -0.1) is 0 Å². The van der Waals surface area contributed by atoms with Gasteiger partial charge in [-0.25, -0.2) is 4.39 Å². The van der Waals surface area contributed by atoms with Gasteiger partial charge in [0.2, 0.25) is 0 Å². The summed E-state index contributed by atoms with van der Waals surface area (Å²) in [6.45, 7) is 0.385. The van der Waals surface area contributed by atoms with E-state index in [9.17, 15) is 4.39 Å². The van der Waals surface area contributed by atoms with Crippen molar-refractivity contribution in [3.8, 4) is 5.75 Å². The van der Waals surface area contributed by atoms with Gasteiger partial charge in [-0.2, -0.15) is 5.10 Å². The molecular formula is C21H16BrFN2OS. The molecule has 1 aliphatic heterocycles. The second-order valence-corrected chi connectivity index (χ2v) is 7.96. The Bertz CT molecular complexity index is 964. The molecule has 0 aromatic heterocycles. The maximum Gasteiger partial charge on any atom is 0.134 e. The van der Waals surface area contributed by atoms with Crippen LogP contribution in [-0.2, 0) is 6.61 Å². The first-order valence-corrected chi connectivity index (χ1v) is 10.1. The summed E-state index contributed by atoms with van der Waals surface area (Å²) in [4.78, 5) is 0. The van der Waals surface area contributed by atoms with Gasteiger partial charge in [-0.05, 0) is 51.3 Å². The molecule has 1 heterocycles. The van der Waals surface area contributed by atoms with E-state index in [-0.39, 0.29) is 11.2 Å². The lowest BCUT2D eigenvalue weighted by Crippen LogP contribution is -2.06. The lowest BCUT2D eigenvalue weighted by atomic mass is 10.2. The van der Waals surface area contributed by atoms with Crippen LogP contribution in [0.5, 0.6) is 5.75 Å². The van der Waals surface area contributed by atoms with E-state index in [2.05, 4.69) is 38.6 Å². The number of nitrogens with zero attached hydrogens (tertiary/aromatic N) is 1. The number of ether oxygens (including phenoxy) is 1. The summed E-state index contributed by atoms with van der Waals surface area (Å²) in [7, 11) is 0. The maximum atomic E-state index is 13.0. The van der Waals surface area contributed by atoms with Crippen LogP contribution in [0.2, 0.25) is 0 Å². The summed E-state index contributed by atoms with van der Waals surface area (Å²) in [5, 5.41) is 5.49. The molecule has 1 aliphatic rings. The van der Waals surface area contributed by atoms with Gasteiger partial charge in [0, 0.05) is 5.56 Å². The predicted octanol–water partition coefficient (Wildman–Crippen LogP) is 5.86. The van der Waals surface area contributed by atoms with Gasteiger partial charge in [0.25, 0.3) is 0 Å². The largest absolute Gasteiger partial charge is 0.488 e. The Labute approximate surface area is 169 Å². The van der Waals surface area contributed by atoms with Gasteiger partial charge < -0.3 is 4.74 Å². The van der Waals surface area contributed by atoms with Crippen molar-refractivity contribution in [2.45, 2.75) is 12.0 Å². The van der Waals surface area contributed by atoms with Crippen LogP contribution in [0.15, 0.2) is 82.4 Å². The zero-order valence-electron chi connectivity index (χ0n) is 14.2. The Morgan fingerprint density at radius 1 is 1.04 bits per heavy atom. The minimum absolute atomic E-state index is 0.0580. The number of halogens is 2.